The van der Waals surface area contributed by atoms with Crippen LogP contribution < -0.4 is 5.32 Å². The van der Waals surface area contributed by atoms with Gasteiger partial charge in [-0.1, -0.05) is 45.9 Å². The average Bonchev–Trinajstić information content (AvgIpc) is 2.50. The third-order valence-electron chi connectivity index (χ3n) is 3.77. The molecule has 0 aromatic heterocycles. The van der Waals surface area contributed by atoms with E-state index >= 15 is 0 Å². The molecule has 2 unspecified atom stereocenters. The molecule has 0 radical (unpaired) electrons. The van der Waals surface area contributed by atoms with Crippen LogP contribution in [0.5, 0.6) is 0 Å². The molecule has 0 saturated carbocycles. The molecule has 88 valence electrons. The molecule has 0 fully saturated rings. The highest BCUT2D eigenvalue weighted by molar-refractivity contribution is 5.41. The van der Waals surface area contributed by atoms with E-state index in [9.17, 15) is 0 Å². The maximum Gasteiger partial charge on any atom is 0.0349 e. The standard InChI is InChI=1S/C15H23N/c1-10-8-11-6-7-12(15(2,3)4)9-13(11)14(10)16-5/h6-7,9-10,14,16H,8H2,1-5H3. The van der Waals surface area contributed by atoms with E-state index in [4.69, 9.17) is 0 Å². The van der Waals surface area contributed by atoms with Gasteiger partial charge in [0.2, 0.25) is 0 Å². The number of hydrogen-bond donors (Lipinski definition) is 1. The van der Waals surface area contributed by atoms with Crippen molar-refractivity contribution in [2.24, 2.45) is 5.92 Å². The molecule has 0 bridgehead atoms. The molecule has 1 aliphatic rings. The molecule has 1 N–H and O–H groups in total. The van der Waals surface area contributed by atoms with Crippen molar-refractivity contribution in [3.05, 3.63) is 34.9 Å². The molecule has 2 atom stereocenters. The van der Waals surface area contributed by atoms with Crippen molar-refractivity contribution in [1.29, 1.82) is 0 Å². The average molecular weight is 217 g/mol. The fraction of sp³-hybridized carbons (Fsp3) is 0.600. The minimum Gasteiger partial charge on any atom is -0.313 e. The largest absolute Gasteiger partial charge is 0.313 e. The van der Waals surface area contributed by atoms with Crippen molar-refractivity contribution in [2.45, 2.75) is 45.6 Å². The maximum atomic E-state index is 3.45. The van der Waals surface area contributed by atoms with Crippen molar-refractivity contribution >= 4 is 0 Å². The minimum atomic E-state index is 0.249. The predicted molar refractivity (Wildman–Crippen MR) is 69.8 cm³/mol. The summed E-state index contributed by atoms with van der Waals surface area (Å²) in [6, 6.07) is 7.56. The summed E-state index contributed by atoms with van der Waals surface area (Å²) >= 11 is 0. The van der Waals surface area contributed by atoms with Crippen LogP contribution >= 0.6 is 0 Å². The molecular weight excluding hydrogens is 194 g/mol. The fourth-order valence-electron chi connectivity index (χ4n) is 2.75. The quantitative estimate of drug-likeness (QED) is 0.760. The Labute approximate surface area is 99.3 Å². The van der Waals surface area contributed by atoms with Gasteiger partial charge in [-0.25, -0.2) is 0 Å². The van der Waals surface area contributed by atoms with E-state index < -0.39 is 0 Å². The van der Waals surface area contributed by atoms with Gasteiger partial charge in [0.05, 0.1) is 0 Å². The topological polar surface area (TPSA) is 12.0 Å². The van der Waals surface area contributed by atoms with Crippen LogP contribution in [0.1, 0.15) is 50.4 Å². The fourth-order valence-corrected chi connectivity index (χ4v) is 2.75. The van der Waals surface area contributed by atoms with Gasteiger partial charge in [-0.2, -0.15) is 0 Å². The van der Waals surface area contributed by atoms with Crippen molar-refractivity contribution in [3.63, 3.8) is 0 Å². The summed E-state index contributed by atoms with van der Waals surface area (Å²) in [5.74, 6) is 0.718. The van der Waals surface area contributed by atoms with Crippen LogP contribution in [-0.4, -0.2) is 7.05 Å². The first kappa shape index (κ1) is 11.7. The third-order valence-corrected chi connectivity index (χ3v) is 3.77. The highest BCUT2D eigenvalue weighted by Crippen LogP contribution is 2.37. The normalized spacial score (nSPS) is 24.6. The maximum absolute atomic E-state index is 3.45. The lowest BCUT2D eigenvalue weighted by Crippen LogP contribution is -2.20. The van der Waals surface area contributed by atoms with Gasteiger partial charge in [0, 0.05) is 6.04 Å². The highest BCUT2D eigenvalue weighted by atomic mass is 14.9. The van der Waals surface area contributed by atoms with Crippen LogP contribution in [0.25, 0.3) is 0 Å². The summed E-state index contributed by atoms with van der Waals surface area (Å²) in [7, 11) is 2.07. The molecule has 1 aromatic carbocycles. The molecule has 0 saturated heterocycles. The first-order chi connectivity index (χ1) is 7.43. The van der Waals surface area contributed by atoms with Crippen LogP contribution in [0.4, 0.5) is 0 Å². The lowest BCUT2D eigenvalue weighted by atomic mass is 9.85. The Morgan fingerprint density at radius 2 is 1.94 bits per heavy atom. The molecule has 1 nitrogen and oxygen atoms in total. The predicted octanol–water partition coefficient (Wildman–Crippen LogP) is 3.44. The van der Waals surface area contributed by atoms with Gasteiger partial charge in [0.1, 0.15) is 0 Å². The summed E-state index contributed by atoms with van der Waals surface area (Å²) in [5.41, 5.74) is 4.74. The second kappa shape index (κ2) is 3.89. The van der Waals surface area contributed by atoms with Crippen LogP contribution in [0.2, 0.25) is 0 Å². The smallest absolute Gasteiger partial charge is 0.0349 e. The van der Waals surface area contributed by atoms with Crippen LogP contribution in [0.3, 0.4) is 0 Å². The molecule has 0 spiro atoms. The second-order valence-corrected chi connectivity index (χ2v) is 6.11. The molecule has 2 rings (SSSR count). The summed E-state index contributed by atoms with van der Waals surface area (Å²) in [4.78, 5) is 0. The number of fused-ring (bicyclic) bond motifs is 1. The Morgan fingerprint density at radius 1 is 1.25 bits per heavy atom. The van der Waals surface area contributed by atoms with Crippen molar-refractivity contribution in [3.8, 4) is 0 Å². The van der Waals surface area contributed by atoms with Crippen molar-refractivity contribution < 1.29 is 0 Å². The van der Waals surface area contributed by atoms with E-state index in [1.807, 2.05) is 0 Å². The molecule has 16 heavy (non-hydrogen) atoms. The summed E-state index contributed by atoms with van der Waals surface area (Å²) in [6.45, 7) is 9.17. The zero-order valence-electron chi connectivity index (χ0n) is 11.1. The van der Waals surface area contributed by atoms with Crippen molar-refractivity contribution in [2.75, 3.05) is 7.05 Å². The highest BCUT2D eigenvalue weighted by Gasteiger charge is 2.29. The minimum absolute atomic E-state index is 0.249. The molecule has 1 heteroatoms. The molecule has 1 aliphatic carbocycles. The molecule has 0 amide bonds. The van der Waals surface area contributed by atoms with E-state index in [0.717, 1.165) is 5.92 Å². The van der Waals surface area contributed by atoms with E-state index in [1.54, 1.807) is 0 Å². The Balaban J connectivity index is 2.43. The molecule has 0 heterocycles. The Bertz CT molecular complexity index is 387. The van der Waals surface area contributed by atoms with Crippen LogP contribution in [0.15, 0.2) is 18.2 Å². The molecular formula is C15H23N. The Kier molecular flexibility index (Phi) is 2.83. The monoisotopic (exact) mass is 217 g/mol. The Hall–Kier alpha value is -0.820. The lowest BCUT2D eigenvalue weighted by Gasteiger charge is -2.22. The molecule has 1 aromatic rings. The van der Waals surface area contributed by atoms with Gasteiger partial charge in [-0.05, 0) is 41.5 Å². The number of nitrogens with one attached hydrogen (secondary N) is 1. The van der Waals surface area contributed by atoms with Gasteiger partial charge in [0.15, 0.2) is 0 Å². The summed E-state index contributed by atoms with van der Waals surface area (Å²) in [5, 5.41) is 3.45. The van der Waals surface area contributed by atoms with Gasteiger partial charge in [-0.3, -0.25) is 0 Å². The van der Waals surface area contributed by atoms with Crippen LogP contribution in [-0.2, 0) is 11.8 Å². The summed E-state index contributed by atoms with van der Waals surface area (Å²) < 4.78 is 0. The van der Waals surface area contributed by atoms with Gasteiger partial charge >= 0.3 is 0 Å². The van der Waals surface area contributed by atoms with E-state index in [-0.39, 0.29) is 5.41 Å². The third kappa shape index (κ3) is 1.89. The van der Waals surface area contributed by atoms with Gasteiger partial charge < -0.3 is 5.32 Å². The Morgan fingerprint density at radius 3 is 2.50 bits per heavy atom. The second-order valence-electron chi connectivity index (χ2n) is 6.11. The van der Waals surface area contributed by atoms with Crippen LogP contribution in [0, 0.1) is 5.92 Å². The first-order valence-corrected chi connectivity index (χ1v) is 6.24. The SMILES string of the molecule is CNC1c2cc(C(C)(C)C)ccc2CC1C. The number of benzene rings is 1. The van der Waals surface area contributed by atoms with E-state index in [2.05, 4.69) is 58.3 Å². The van der Waals surface area contributed by atoms with Gasteiger partial charge in [-0.15, -0.1) is 0 Å². The first-order valence-electron chi connectivity index (χ1n) is 6.24. The number of rotatable bonds is 1. The lowest BCUT2D eigenvalue weighted by molar-refractivity contribution is 0.446. The van der Waals surface area contributed by atoms with E-state index in [1.165, 1.54) is 23.1 Å². The number of hydrogen-bond acceptors (Lipinski definition) is 1. The van der Waals surface area contributed by atoms with Gasteiger partial charge in [0.25, 0.3) is 0 Å². The zero-order chi connectivity index (χ0) is 11.9. The zero-order valence-corrected chi connectivity index (χ0v) is 11.1. The molecule has 0 aliphatic heterocycles. The van der Waals surface area contributed by atoms with E-state index in [0.29, 0.717) is 6.04 Å². The van der Waals surface area contributed by atoms with Crippen molar-refractivity contribution in [1.82, 2.24) is 5.32 Å². The summed E-state index contributed by atoms with van der Waals surface area (Å²) in [6.07, 6.45) is 1.21.